The minimum atomic E-state index is -1.03. The van der Waals surface area contributed by atoms with Crippen LogP contribution in [0.4, 0.5) is 17.1 Å². The molecule has 2 N–H and O–H groups in total. The maximum absolute atomic E-state index is 11.4. The number of nitrogens with one attached hydrogen (secondary N) is 1. The molecule has 12 heteroatoms. The predicted molar refractivity (Wildman–Crippen MR) is 131 cm³/mol. The van der Waals surface area contributed by atoms with E-state index >= 15 is 0 Å². The van der Waals surface area contributed by atoms with Gasteiger partial charge in [0, 0.05) is 18.3 Å². The lowest BCUT2D eigenvalue weighted by Gasteiger charge is -2.16. The van der Waals surface area contributed by atoms with Crippen LogP contribution in [0.1, 0.15) is 22.8 Å². The number of carboxylic acid groups (broad SMARTS) is 1. The number of hydrogen-bond donors (Lipinski definition) is 2. The van der Waals surface area contributed by atoms with Crippen molar-refractivity contribution in [3.8, 4) is 17.2 Å². The Morgan fingerprint density at radius 2 is 1.82 bits per heavy atom. The van der Waals surface area contributed by atoms with Crippen LogP contribution in [-0.4, -0.2) is 27.5 Å². The zero-order valence-electron chi connectivity index (χ0n) is 17.7. The summed E-state index contributed by atoms with van der Waals surface area (Å²) < 4.78 is 12.1. The first kappa shape index (κ1) is 24.7. The summed E-state index contributed by atoms with van der Waals surface area (Å²) in [6, 6.07) is 13.0. The van der Waals surface area contributed by atoms with Crippen LogP contribution in [-0.2, 0) is 6.54 Å². The molecule has 34 heavy (non-hydrogen) atoms. The predicted octanol–water partition coefficient (Wildman–Crippen LogP) is 5.61. The van der Waals surface area contributed by atoms with Gasteiger partial charge in [-0.1, -0.05) is 6.07 Å². The highest BCUT2D eigenvalue weighted by atomic mass is 127. The number of anilines is 1. The molecule has 11 nitrogen and oxygen atoms in total. The molecule has 0 radical (unpaired) electrons. The molecule has 0 aliphatic carbocycles. The Balaban J connectivity index is 1.90. The smallest absolute Gasteiger partial charge is 0.335 e. The van der Waals surface area contributed by atoms with Gasteiger partial charge in [0.05, 0.1) is 31.7 Å². The van der Waals surface area contributed by atoms with Crippen molar-refractivity contribution in [2.45, 2.75) is 13.5 Å². The number of nitrogens with zero attached hydrogens (tertiary/aromatic N) is 2. The number of carbonyl (C=O) groups is 1. The number of rotatable bonds is 10. The monoisotopic (exact) mass is 579 g/mol. The van der Waals surface area contributed by atoms with Crippen LogP contribution in [0.15, 0.2) is 54.6 Å². The topological polar surface area (TPSA) is 154 Å². The number of nitro benzene ring substituents is 2. The molecule has 0 unspecified atom stereocenters. The van der Waals surface area contributed by atoms with Crippen molar-refractivity contribution < 1.29 is 29.2 Å². The Bertz CT molecular complexity index is 1260. The van der Waals surface area contributed by atoms with Gasteiger partial charge in [0.2, 0.25) is 5.75 Å². The lowest BCUT2D eigenvalue weighted by atomic mass is 10.1. The molecule has 0 saturated heterocycles. The zero-order valence-corrected chi connectivity index (χ0v) is 19.8. The molecule has 176 valence electrons. The van der Waals surface area contributed by atoms with Gasteiger partial charge in [-0.25, -0.2) is 4.79 Å². The number of non-ortho nitro benzene ring substituents is 1. The fourth-order valence-corrected chi connectivity index (χ4v) is 3.79. The average Bonchev–Trinajstić information content (AvgIpc) is 2.80. The Morgan fingerprint density at radius 3 is 2.47 bits per heavy atom. The minimum absolute atomic E-state index is 0.156. The van der Waals surface area contributed by atoms with Crippen molar-refractivity contribution >= 4 is 45.6 Å². The van der Waals surface area contributed by atoms with E-state index < -0.39 is 27.2 Å². The van der Waals surface area contributed by atoms with Gasteiger partial charge >= 0.3 is 11.7 Å². The molecule has 3 rings (SSSR count). The number of nitro groups is 2. The van der Waals surface area contributed by atoms with E-state index in [4.69, 9.17) is 14.6 Å². The molecule has 0 spiro atoms. The van der Waals surface area contributed by atoms with Crippen molar-refractivity contribution in [3.63, 3.8) is 0 Å². The molecular weight excluding hydrogens is 561 g/mol. The van der Waals surface area contributed by atoms with Crippen molar-refractivity contribution in [3.05, 3.63) is 89.5 Å². The second-order valence-corrected chi connectivity index (χ2v) is 8.01. The number of benzene rings is 3. The highest BCUT2D eigenvalue weighted by Gasteiger charge is 2.23. The van der Waals surface area contributed by atoms with Gasteiger partial charge in [0.25, 0.3) is 5.69 Å². The quantitative estimate of drug-likeness (QED) is 0.177. The molecule has 0 fully saturated rings. The second kappa shape index (κ2) is 10.8. The third-order valence-corrected chi connectivity index (χ3v) is 5.34. The summed E-state index contributed by atoms with van der Waals surface area (Å²) in [7, 11) is 0. The minimum Gasteiger partial charge on any atom is -0.490 e. The first-order valence-corrected chi connectivity index (χ1v) is 10.9. The Labute approximate surface area is 206 Å². The Morgan fingerprint density at radius 1 is 1.06 bits per heavy atom. The van der Waals surface area contributed by atoms with Crippen molar-refractivity contribution in [2.24, 2.45) is 0 Å². The molecule has 0 aliphatic rings. The summed E-state index contributed by atoms with van der Waals surface area (Å²) in [5.41, 5.74) is 0.598. The summed E-state index contributed by atoms with van der Waals surface area (Å²) in [5, 5.41) is 34.7. The van der Waals surface area contributed by atoms with E-state index in [1.165, 1.54) is 18.2 Å². The lowest BCUT2D eigenvalue weighted by molar-refractivity contribution is -0.394. The number of hydrogen-bond acceptors (Lipinski definition) is 8. The number of aromatic carboxylic acids is 1. The lowest BCUT2D eigenvalue weighted by Crippen LogP contribution is -2.04. The summed E-state index contributed by atoms with van der Waals surface area (Å²) >= 11 is 2.00. The van der Waals surface area contributed by atoms with Gasteiger partial charge in [-0.2, -0.15) is 0 Å². The molecule has 0 amide bonds. The highest BCUT2D eigenvalue weighted by Crippen LogP contribution is 2.41. The molecule has 0 saturated carbocycles. The van der Waals surface area contributed by atoms with E-state index in [9.17, 15) is 25.0 Å². The number of ether oxygens (including phenoxy) is 2. The SMILES string of the molecule is CCOc1cc(CNc2cccc(C(=O)O)c2)cc(I)c1Oc1ccc([N+](=O)[O-])cc1[N+](=O)[O-]. The molecule has 0 aliphatic heterocycles. The van der Waals surface area contributed by atoms with E-state index in [2.05, 4.69) is 5.32 Å². The molecule has 0 atom stereocenters. The maximum atomic E-state index is 11.4. The zero-order chi connectivity index (χ0) is 24.8. The van der Waals surface area contributed by atoms with Crippen LogP contribution in [0, 0.1) is 23.8 Å². The van der Waals surface area contributed by atoms with E-state index in [1.54, 1.807) is 31.2 Å². The fraction of sp³-hybridized carbons (Fsp3) is 0.136. The summed E-state index contributed by atoms with van der Waals surface area (Å²) in [4.78, 5) is 32.1. The summed E-state index contributed by atoms with van der Waals surface area (Å²) in [6.45, 7) is 2.41. The van der Waals surface area contributed by atoms with Gasteiger partial charge in [0.1, 0.15) is 0 Å². The van der Waals surface area contributed by atoms with E-state index in [0.717, 1.165) is 17.7 Å². The van der Waals surface area contributed by atoms with Crippen LogP contribution in [0.25, 0.3) is 0 Å². The molecule has 3 aromatic rings. The van der Waals surface area contributed by atoms with E-state index in [-0.39, 0.29) is 17.1 Å². The van der Waals surface area contributed by atoms with Gasteiger partial charge in [-0.15, -0.1) is 0 Å². The summed E-state index contributed by atoms with van der Waals surface area (Å²) in [6.07, 6.45) is 0. The van der Waals surface area contributed by atoms with Gasteiger partial charge in [-0.05, 0) is 71.5 Å². The van der Waals surface area contributed by atoms with E-state index in [1.807, 2.05) is 22.6 Å². The first-order valence-electron chi connectivity index (χ1n) is 9.82. The second-order valence-electron chi connectivity index (χ2n) is 6.85. The van der Waals surface area contributed by atoms with Crippen LogP contribution in [0.3, 0.4) is 0 Å². The van der Waals surface area contributed by atoms with Gasteiger partial charge in [-0.3, -0.25) is 20.2 Å². The number of carboxylic acids is 1. The molecule has 0 heterocycles. The van der Waals surface area contributed by atoms with Crippen LogP contribution >= 0.6 is 22.6 Å². The number of halogens is 1. The third-order valence-electron chi connectivity index (χ3n) is 4.54. The normalized spacial score (nSPS) is 10.4. The Hall–Kier alpha value is -3.94. The standard InChI is InChI=1S/C22H18IN3O8/c1-2-33-20-9-13(12-24-15-5-3-4-14(10-15)22(27)28)8-17(23)21(20)34-19-7-6-16(25(29)30)11-18(19)26(31)32/h3-11,24H,2,12H2,1H3,(H,27,28). The largest absolute Gasteiger partial charge is 0.490 e. The van der Waals surface area contributed by atoms with E-state index in [0.29, 0.717) is 28.2 Å². The first-order chi connectivity index (χ1) is 16.2. The van der Waals surface area contributed by atoms with Crippen molar-refractivity contribution in [1.82, 2.24) is 0 Å². The molecule has 0 aromatic heterocycles. The van der Waals surface area contributed by atoms with Crippen LogP contribution < -0.4 is 14.8 Å². The van der Waals surface area contributed by atoms with Crippen LogP contribution in [0.2, 0.25) is 0 Å². The maximum Gasteiger partial charge on any atom is 0.335 e. The molecule has 3 aromatic carbocycles. The third kappa shape index (κ3) is 5.89. The highest BCUT2D eigenvalue weighted by molar-refractivity contribution is 14.1. The fourth-order valence-electron chi connectivity index (χ4n) is 3.01. The average molecular weight is 579 g/mol. The Kier molecular flexibility index (Phi) is 7.83. The van der Waals surface area contributed by atoms with Crippen molar-refractivity contribution in [2.75, 3.05) is 11.9 Å². The van der Waals surface area contributed by atoms with Gasteiger partial charge in [0.15, 0.2) is 11.5 Å². The molecular formula is C22H18IN3O8. The van der Waals surface area contributed by atoms with Crippen molar-refractivity contribution in [1.29, 1.82) is 0 Å². The molecule has 0 bridgehead atoms. The van der Waals surface area contributed by atoms with Gasteiger partial charge < -0.3 is 19.9 Å². The summed E-state index contributed by atoms with van der Waals surface area (Å²) in [5.74, 6) is -0.626. The van der Waals surface area contributed by atoms with Crippen LogP contribution in [0.5, 0.6) is 17.2 Å².